The van der Waals surface area contributed by atoms with E-state index < -0.39 is 17.1 Å². The van der Waals surface area contributed by atoms with Gasteiger partial charge < -0.3 is 9.84 Å². The summed E-state index contributed by atoms with van der Waals surface area (Å²) >= 11 is 0. The topological polar surface area (TPSA) is 46.5 Å². The molecule has 17 heavy (non-hydrogen) atoms. The average Bonchev–Trinajstić information content (AvgIpc) is 2.11. The number of hydrogen-bond acceptors (Lipinski definition) is 3. The van der Waals surface area contributed by atoms with Gasteiger partial charge in [0.25, 0.3) is 0 Å². The van der Waals surface area contributed by atoms with E-state index in [-0.39, 0.29) is 17.8 Å². The van der Waals surface area contributed by atoms with Gasteiger partial charge >= 0.3 is 5.97 Å². The van der Waals surface area contributed by atoms with Crippen LogP contribution in [0.1, 0.15) is 55.4 Å². The number of carbonyl (C=O) groups is 1. The normalized spacial score (nSPS) is 15.2. The summed E-state index contributed by atoms with van der Waals surface area (Å²) in [4.78, 5) is 12.0. The van der Waals surface area contributed by atoms with E-state index in [0.717, 1.165) is 0 Å². The third-order valence-electron chi connectivity index (χ3n) is 3.30. The number of esters is 1. The van der Waals surface area contributed by atoms with Crippen LogP contribution in [0.2, 0.25) is 0 Å². The summed E-state index contributed by atoms with van der Waals surface area (Å²) in [5.74, 6) is -0.848. The molecule has 0 aromatic rings. The van der Waals surface area contributed by atoms with Gasteiger partial charge in [-0.2, -0.15) is 0 Å². The van der Waals surface area contributed by atoms with E-state index in [1.54, 1.807) is 6.92 Å². The third kappa shape index (κ3) is 3.98. The Labute approximate surface area is 106 Å². The summed E-state index contributed by atoms with van der Waals surface area (Å²) in [6, 6.07) is 0. The van der Waals surface area contributed by atoms with Gasteiger partial charge in [-0.05, 0) is 39.5 Å². The number of carbonyl (C=O) groups excluding carboxylic acids is 1. The van der Waals surface area contributed by atoms with E-state index in [1.807, 2.05) is 48.5 Å². The third-order valence-corrected chi connectivity index (χ3v) is 3.30. The molecule has 102 valence electrons. The Hall–Kier alpha value is -0.570. The molecule has 0 rings (SSSR count). The van der Waals surface area contributed by atoms with Crippen molar-refractivity contribution in [2.24, 2.45) is 17.8 Å². The zero-order valence-corrected chi connectivity index (χ0v) is 12.5. The molecular formula is C14H28O3. The Morgan fingerprint density at radius 3 is 1.59 bits per heavy atom. The number of hydrogen-bond donors (Lipinski definition) is 1. The molecule has 0 fully saturated rings. The molecule has 0 aliphatic heterocycles. The van der Waals surface area contributed by atoms with Crippen molar-refractivity contribution in [1.82, 2.24) is 0 Å². The van der Waals surface area contributed by atoms with Crippen molar-refractivity contribution in [2.45, 2.75) is 66.6 Å². The predicted octanol–water partition coefficient (Wildman–Crippen LogP) is 3.01. The lowest BCUT2D eigenvalue weighted by Gasteiger charge is -2.40. The summed E-state index contributed by atoms with van der Waals surface area (Å²) in [5, 5.41) is 10.7. The summed E-state index contributed by atoms with van der Waals surface area (Å²) in [5.41, 5.74) is -1.54. The molecule has 3 nitrogen and oxygen atoms in total. The lowest BCUT2D eigenvalue weighted by Crippen LogP contribution is -2.51. The fourth-order valence-electron chi connectivity index (χ4n) is 2.25. The van der Waals surface area contributed by atoms with E-state index >= 15 is 0 Å². The summed E-state index contributed by atoms with van der Waals surface area (Å²) in [6.45, 7) is 15.0. The highest BCUT2D eigenvalue weighted by molar-refractivity contribution is 5.74. The molecule has 0 heterocycles. The summed E-state index contributed by atoms with van der Waals surface area (Å²) in [7, 11) is 0. The highest BCUT2D eigenvalue weighted by Gasteiger charge is 2.45. The van der Waals surface area contributed by atoms with Crippen LogP contribution in [0.15, 0.2) is 0 Å². The van der Waals surface area contributed by atoms with Crippen LogP contribution in [0.4, 0.5) is 0 Å². The number of aliphatic hydroxyl groups is 1. The largest absolute Gasteiger partial charge is 0.460 e. The SMILES string of the molecule is CC(C)C(O)(C(C)C)C(C)C(=O)OC(C)(C)C. The highest BCUT2D eigenvalue weighted by Crippen LogP contribution is 2.35. The maximum atomic E-state index is 12.0. The minimum Gasteiger partial charge on any atom is -0.460 e. The van der Waals surface area contributed by atoms with Crippen molar-refractivity contribution in [1.29, 1.82) is 0 Å². The molecule has 0 aromatic heterocycles. The van der Waals surface area contributed by atoms with Gasteiger partial charge in [-0.15, -0.1) is 0 Å². The highest BCUT2D eigenvalue weighted by atomic mass is 16.6. The Morgan fingerprint density at radius 2 is 1.35 bits per heavy atom. The van der Waals surface area contributed by atoms with Gasteiger partial charge in [-0.3, -0.25) is 4.79 Å². The first kappa shape index (κ1) is 16.4. The van der Waals surface area contributed by atoms with E-state index in [1.165, 1.54) is 0 Å². The molecule has 0 aliphatic carbocycles. The van der Waals surface area contributed by atoms with Crippen LogP contribution < -0.4 is 0 Å². The maximum Gasteiger partial charge on any atom is 0.312 e. The smallest absolute Gasteiger partial charge is 0.312 e. The zero-order chi connectivity index (χ0) is 14.0. The average molecular weight is 244 g/mol. The van der Waals surface area contributed by atoms with Crippen LogP contribution in [0.3, 0.4) is 0 Å². The van der Waals surface area contributed by atoms with Crippen molar-refractivity contribution in [3.05, 3.63) is 0 Å². The quantitative estimate of drug-likeness (QED) is 0.773. The first-order valence-corrected chi connectivity index (χ1v) is 6.38. The van der Waals surface area contributed by atoms with Crippen LogP contribution in [0, 0.1) is 17.8 Å². The van der Waals surface area contributed by atoms with E-state index in [0.29, 0.717) is 0 Å². The summed E-state index contributed by atoms with van der Waals surface area (Å²) in [6.07, 6.45) is 0. The first-order valence-electron chi connectivity index (χ1n) is 6.38. The molecule has 0 saturated heterocycles. The monoisotopic (exact) mass is 244 g/mol. The zero-order valence-electron chi connectivity index (χ0n) is 12.5. The fraction of sp³-hybridized carbons (Fsp3) is 0.929. The molecule has 0 bridgehead atoms. The second-order valence-electron chi connectivity index (χ2n) is 6.45. The van der Waals surface area contributed by atoms with Crippen molar-refractivity contribution < 1.29 is 14.6 Å². The number of rotatable bonds is 4. The van der Waals surface area contributed by atoms with Crippen LogP contribution in [0.25, 0.3) is 0 Å². The molecular weight excluding hydrogens is 216 g/mol. The van der Waals surface area contributed by atoms with Gasteiger partial charge in [0.05, 0.1) is 11.5 Å². The first-order chi connectivity index (χ1) is 7.43. The van der Waals surface area contributed by atoms with Gasteiger partial charge in [0.1, 0.15) is 5.60 Å². The minimum absolute atomic E-state index is 0.00465. The van der Waals surface area contributed by atoms with E-state index in [9.17, 15) is 9.90 Å². The van der Waals surface area contributed by atoms with E-state index in [2.05, 4.69) is 0 Å². The molecule has 1 atom stereocenters. The Bertz CT molecular complexity index is 253. The standard InChI is InChI=1S/C14H28O3/c1-9(2)14(16,10(3)4)11(5)12(15)17-13(6,7)8/h9-11,16H,1-8H3. The molecule has 1 N–H and O–H groups in total. The lowest BCUT2D eigenvalue weighted by atomic mass is 9.72. The van der Waals surface area contributed by atoms with Crippen molar-refractivity contribution in [3.63, 3.8) is 0 Å². The van der Waals surface area contributed by atoms with Crippen LogP contribution in [0.5, 0.6) is 0 Å². The molecule has 0 aromatic carbocycles. The lowest BCUT2D eigenvalue weighted by molar-refractivity contribution is -0.177. The molecule has 3 heteroatoms. The summed E-state index contributed by atoms with van der Waals surface area (Å²) < 4.78 is 5.35. The second kappa shape index (κ2) is 5.38. The Kier molecular flexibility index (Phi) is 5.20. The molecule has 0 saturated carbocycles. The Balaban J connectivity index is 4.99. The molecule has 0 radical (unpaired) electrons. The van der Waals surface area contributed by atoms with Crippen molar-refractivity contribution in [2.75, 3.05) is 0 Å². The van der Waals surface area contributed by atoms with Crippen LogP contribution in [-0.4, -0.2) is 22.3 Å². The fourth-order valence-corrected chi connectivity index (χ4v) is 2.25. The van der Waals surface area contributed by atoms with Gasteiger partial charge in [-0.25, -0.2) is 0 Å². The van der Waals surface area contributed by atoms with Crippen LogP contribution in [-0.2, 0) is 9.53 Å². The second-order valence-corrected chi connectivity index (χ2v) is 6.45. The maximum absolute atomic E-state index is 12.0. The molecule has 0 amide bonds. The van der Waals surface area contributed by atoms with Gasteiger partial charge in [0, 0.05) is 0 Å². The predicted molar refractivity (Wildman–Crippen MR) is 69.6 cm³/mol. The Morgan fingerprint density at radius 1 is 1.00 bits per heavy atom. The molecule has 0 aliphatic rings. The van der Waals surface area contributed by atoms with E-state index in [4.69, 9.17) is 4.74 Å². The van der Waals surface area contributed by atoms with Crippen molar-refractivity contribution in [3.8, 4) is 0 Å². The minimum atomic E-state index is -1.03. The van der Waals surface area contributed by atoms with Gasteiger partial charge in [0.2, 0.25) is 0 Å². The van der Waals surface area contributed by atoms with Crippen molar-refractivity contribution >= 4 is 5.97 Å². The number of ether oxygens (including phenoxy) is 1. The van der Waals surface area contributed by atoms with Gasteiger partial charge in [-0.1, -0.05) is 27.7 Å². The van der Waals surface area contributed by atoms with Gasteiger partial charge in [0.15, 0.2) is 0 Å². The van der Waals surface area contributed by atoms with Crippen LogP contribution >= 0.6 is 0 Å². The molecule has 1 unspecified atom stereocenters. The molecule has 0 spiro atoms.